The minimum atomic E-state index is -0.304. The molecule has 1 heterocycles. The Bertz CT molecular complexity index is 557. The standard InChI is InChI=1S/C20H30N2O3/c1-14-12-18(21)19(22(14)20(23)24-2)13-25-17-10-8-16(9-11-17)15-6-4-3-5-7-15/h3-7,14,16-19H,8-13,21H2,1-2H3/t14-,16-,17+,18+,19+/m1/s1. The van der Waals surface area contributed by atoms with Crippen molar-refractivity contribution in [1.82, 2.24) is 4.90 Å². The average molecular weight is 346 g/mol. The summed E-state index contributed by atoms with van der Waals surface area (Å²) in [6.45, 7) is 2.52. The maximum Gasteiger partial charge on any atom is 0.410 e. The third kappa shape index (κ3) is 4.15. The van der Waals surface area contributed by atoms with E-state index in [2.05, 4.69) is 30.3 Å². The number of methoxy groups -OCH3 is 1. The van der Waals surface area contributed by atoms with E-state index in [4.69, 9.17) is 15.2 Å². The molecule has 0 spiro atoms. The molecule has 1 aromatic carbocycles. The Kier molecular flexibility index (Phi) is 5.97. The number of hydrogen-bond donors (Lipinski definition) is 1. The molecule has 5 nitrogen and oxygen atoms in total. The Morgan fingerprint density at radius 3 is 2.52 bits per heavy atom. The summed E-state index contributed by atoms with van der Waals surface area (Å²) < 4.78 is 11.1. The van der Waals surface area contributed by atoms with Crippen molar-refractivity contribution in [2.75, 3.05) is 13.7 Å². The van der Waals surface area contributed by atoms with Crippen LogP contribution in [0.4, 0.5) is 4.79 Å². The second-order valence-electron chi connectivity index (χ2n) is 7.41. The van der Waals surface area contributed by atoms with Gasteiger partial charge in [0.1, 0.15) is 0 Å². The smallest absolute Gasteiger partial charge is 0.410 e. The molecule has 1 aliphatic carbocycles. The monoisotopic (exact) mass is 346 g/mol. The third-order valence-electron chi connectivity index (χ3n) is 5.77. The van der Waals surface area contributed by atoms with Gasteiger partial charge in [-0.25, -0.2) is 4.79 Å². The number of ether oxygens (including phenoxy) is 2. The molecule has 1 saturated carbocycles. The maximum atomic E-state index is 12.0. The molecular weight excluding hydrogens is 316 g/mol. The van der Waals surface area contributed by atoms with Crippen LogP contribution in [0.2, 0.25) is 0 Å². The van der Waals surface area contributed by atoms with Crippen molar-refractivity contribution in [3.8, 4) is 0 Å². The molecule has 138 valence electrons. The first-order valence-corrected chi connectivity index (χ1v) is 9.38. The first kappa shape index (κ1) is 18.2. The van der Waals surface area contributed by atoms with E-state index in [-0.39, 0.29) is 30.3 Å². The van der Waals surface area contributed by atoms with E-state index >= 15 is 0 Å². The number of likely N-dealkylation sites (tertiary alicyclic amines) is 1. The van der Waals surface area contributed by atoms with E-state index in [0.717, 1.165) is 32.1 Å². The van der Waals surface area contributed by atoms with Crippen LogP contribution in [0.3, 0.4) is 0 Å². The fourth-order valence-corrected chi connectivity index (χ4v) is 4.35. The van der Waals surface area contributed by atoms with Gasteiger partial charge in [-0.2, -0.15) is 0 Å². The van der Waals surface area contributed by atoms with E-state index < -0.39 is 0 Å². The maximum absolute atomic E-state index is 12.0. The zero-order valence-electron chi connectivity index (χ0n) is 15.3. The molecule has 1 aliphatic heterocycles. The predicted molar refractivity (Wildman–Crippen MR) is 97.5 cm³/mol. The lowest BCUT2D eigenvalue weighted by Crippen LogP contribution is -2.47. The number of nitrogens with zero attached hydrogens (tertiary/aromatic N) is 1. The third-order valence-corrected chi connectivity index (χ3v) is 5.77. The molecule has 0 bridgehead atoms. The second kappa shape index (κ2) is 8.19. The van der Waals surface area contributed by atoms with Gasteiger partial charge in [-0.05, 0) is 50.5 Å². The molecule has 0 radical (unpaired) electrons. The Balaban J connectivity index is 1.50. The lowest BCUT2D eigenvalue weighted by Gasteiger charge is -2.32. The number of benzene rings is 1. The van der Waals surface area contributed by atoms with E-state index in [1.54, 1.807) is 4.90 Å². The van der Waals surface area contributed by atoms with E-state index in [0.29, 0.717) is 12.5 Å². The van der Waals surface area contributed by atoms with Gasteiger partial charge in [-0.3, -0.25) is 4.90 Å². The molecule has 0 unspecified atom stereocenters. The van der Waals surface area contributed by atoms with Gasteiger partial charge in [-0.15, -0.1) is 0 Å². The van der Waals surface area contributed by atoms with Crippen LogP contribution in [0, 0.1) is 0 Å². The number of hydrogen-bond acceptors (Lipinski definition) is 4. The second-order valence-corrected chi connectivity index (χ2v) is 7.41. The van der Waals surface area contributed by atoms with Crippen molar-refractivity contribution in [1.29, 1.82) is 0 Å². The Morgan fingerprint density at radius 2 is 1.88 bits per heavy atom. The SMILES string of the molecule is COC(=O)N1[C@H](C)C[C@H](N)[C@@H]1CO[C@H]1CC[C@@H](c2ccccc2)CC1. The molecule has 0 aromatic heterocycles. The van der Waals surface area contributed by atoms with Crippen molar-refractivity contribution >= 4 is 6.09 Å². The molecule has 3 atom stereocenters. The number of amides is 1. The van der Waals surface area contributed by atoms with E-state index in [1.807, 2.05) is 6.92 Å². The van der Waals surface area contributed by atoms with Crippen LogP contribution in [0.5, 0.6) is 0 Å². The summed E-state index contributed by atoms with van der Waals surface area (Å²) in [5, 5.41) is 0. The van der Waals surface area contributed by atoms with Crippen LogP contribution in [0.15, 0.2) is 30.3 Å². The summed E-state index contributed by atoms with van der Waals surface area (Å²) in [7, 11) is 1.42. The van der Waals surface area contributed by atoms with E-state index in [1.165, 1.54) is 12.7 Å². The lowest BCUT2D eigenvalue weighted by molar-refractivity contribution is -0.00790. The van der Waals surface area contributed by atoms with Crippen molar-refractivity contribution in [3.63, 3.8) is 0 Å². The van der Waals surface area contributed by atoms with Crippen LogP contribution in [-0.2, 0) is 9.47 Å². The summed E-state index contributed by atoms with van der Waals surface area (Å²) in [6.07, 6.45) is 5.20. The molecule has 1 amide bonds. The van der Waals surface area contributed by atoms with Crippen LogP contribution >= 0.6 is 0 Å². The van der Waals surface area contributed by atoms with Crippen LogP contribution in [0.1, 0.15) is 50.5 Å². The van der Waals surface area contributed by atoms with Gasteiger partial charge in [-0.1, -0.05) is 30.3 Å². The van der Waals surface area contributed by atoms with Crippen LogP contribution < -0.4 is 5.73 Å². The molecule has 1 aromatic rings. The topological polar surface area (TPSA) is 64.8 Å². The predicted octanol–water partition coefficient (Wildman–Crippen LogP) is 3.29. The highest BCUT2D eigenvalue weighted by Crippen LogP contribution is 2.34. The fraction of sp³-hybridized carbons (Fsp3) is 0.650. The molecule has 2 aliphatic rings. The highest BCUT2D eigenvalue weighted by atomic mass is 16.5. The highest BCUT2D eigenvalue weighted by Gasteiger charge is 2.41. The average Bonchev–Trinajstić information content (AvgIpc) is 2.93. The summed E-state index contributed by atoms with van der Waals surface area (Å²) in [5.74, 6) is 0.640. The minimum absolute atomic E-state index is 0.0465. The first-order chi connectivity index (χ1) is 12.1. The fourth-order valence-electron chi connectivity index (χ4n) is 4.35. The number of nitrogens with two attached hydrogens (primary N) is 1. The minimum Gasteiger partial charge on any atom is -0.453 e. The van der Waals surface area contributed by atoms with Crippen molar-refractivity contribution < 1.29 is 14.3 Å². The Hall–Kier alpha value is -1.59. The van der Waals surface area contributed by atoms with Gasteiger partial charge in [0.15, 0.2) is 0 Å². The summed E-state index contributed by atoms with van der Waals surface area (Å²) in [5.41, 5.74) is 7.67. The molecule has 2 N–H and O–H groups in total. The Labute approximate surface area is 150 Å². The van der Waals surface area contributed by atoms with E-state index in [9.17, 15) is 4.79 Å². The van der Waals surface area contributed by atoms with Gasteiger partial charge >= 0.3 is 6.09 Å². The molecule has 5 heteroatoms. The first-order valence-electron chi connectivity index (χ1n) is 9.38. The highest BCUT2D eigenvalue weighted by molar-refractivity contribution is 5.69. The Morgan fingerprint density at radius 1 is 1.20 bits per heavy atom. The largest absolute Gasteiger partial charge is 0.453 e. The zero-order valence-corrected chi connectivity index (χ0v) is 15.3. The van der Waals surface area contributed by atoms with Gasteiger partial charge in [0.25, 0.3) is 0 Å². The normalized spacial score (nSPS) is 32.6. The molecule has 3 rings (SSSR count). The summed E-state index contributed by atoms with van der Waals surface area (Å²) >= 11 is 0. The summed E-state index contributed by atoms with van der Waals surface area (Å²) in [4.78, 5) is 13.8. The summed E-state index contributed by atoms with van der Waals surface area (Å²) in [6, 6.07) is 10.7. The van der Waals surface area contributed by atoms with Gasteiger partial charge in [0.2, 0.25) is 0 Å². The van der Waals surface area contributed by atoms with Crippen LogP contribution in [0.25, 0.3) is 0 Å². The lowest BCUT2D eigenvalue weighted by atomic mass is 9.83. The quantitative estimate of drug-likeness (QED) is 0.908. The number of rotatable bonds is 4. The zero-order chi connectivity index (χ0) is 17.8. The van der Waals surface area contributed by atoms with Gasteiger partial charge < -0.3 is 15.2 Å². The molecular formula is C20H30N2O3. The van der Waals surface area contributed by atoms with Crippen molar-refractivity contribution in [2.24, 2.45) is 5.73 Å². The van der Waals surface area contributed by atoms with Crippen molar-refractivity contribution in [3.05, 3.63) is 35.9 Å². The van der Waals surface area contributed by atoms with Gasteiger partial charge in [0, 0.05) is 12.1 Å². The number of carbonyl (C=O) groups is 1. The van der Waals surface area contributed by atoms with Gasteiger partial charge in [0.05, 0.1) is 25.9 Å². The molecule has 1 saturated heterocycles. The van der Waals surface area contributed by atoms with Crippen molar-refractivity contribution in [2.45, 2.75) is 69.2 Å². The number of carbonyl (C=O) groups excluding carboxylic acids is 1. The molecule has 25 heavy (non-hydrogen) atoms. The molecule has 2 fully saturated rings. The van der Waals surface area contributed by atoms with Crippen LogP contribution in [-0.4, -0.2) is 48.9 Å².